The van der Waals surface area contributed by atoms with Crippen molar-refractivity contribution in [1.82, 2.24) is 19.4 Å². The Kier molecular flexibility index (Phi) is 5.28. The lowest BCUT2D eigenvalue weighted by Gasteiger charge is -2.31. The smallest absolute Gasteiger partial charge is 0.254 e. The fraction of sp³-hybridized carbons (Fsp3) is 0.412. The predicted molar refractivity (Wildman–Crippen MR) is 95.4 cm³/mol. The van der Waals surface area contributed by atoms with Crippen LogP contribution in [0, 0.1) is 0 Å². The highest BCUT2D eigenvalue weighted by Crippen LogP contribution is 2.23. The molecule has 0 aliphatic carbocycles. The van der Waals surface area contributed by atoms with Crippen molar-refractivity contribution in [2.24, 2.45) is 7.05 Å². The van der Waals surface area contributed by atoms with Crippen molar-refractivity contribution in [3.05, 3.63) is 42.2 Å². The molecule has 2 aromatic rings. The Bertz CT molecular complexity index is 868. The second-order valence-corrected chi connectivity index (χ2v) is 8.17. The van der Waals surface area contributed by atoms with Crippen LogP contribution in [0.4, 0.5) is 0 Å². The summed E-state index contributed by atoms with van der Waals surface area (Å²) in [6.45, 7) is 0.735. The molecule has 2 heterocycles. The zero-order valence-corrected chi connectivity index (χ0v) is 15.6. The predicted octanol–water partition coefficient (Wildman–Crippen LogP) is 1.01. The lowest BCUT2D eigenvalue weighted by atomic mass is 10.1. The van der Waals surface area contributed by atoms with Crippen molar-refractivity contribution in [1.29, 1.82) is 0 Å². The highest BCUT2D eigenvalue weighted by Gasteiger charge is 2.30. The molecule has 1 N–H and O–H groups in total. The van der Waals surface area contributed by atoms with Crippen LogP contribution < -0.4 is 10.1 Å². The van der Waals surface area contributed by atoms with Gasteiger partial charge in [-0.15, -0.1) is 0 Å². The molecule has 1 amide bonds. The van der Waals surface area contributed by atoms with Crippen LogP contribution in [0.3, 0.4) is 0 Å². The van der Waals surface area contributed by atoms with Crippen LogP contribution in [0.5, 0.6) is 5.75 Å². The number of ether oxygens (including phenoxy) is 1. The van der Waals surface area contributed by atoms with Gasteiger partial charge in [0.1, 0.15) is 5.75 Å². The van der Waals surface area contributed by atoms with E-state index in [2.05, 4.69) is 10.4 Å². The number of methoxy groups -OCH3 is 1. The molecule has 26 heavy (non-hydrogen) atoms. The van der Waals surface area contributed by atoms with E-state index in [4.69, 9.17) is 4.74 Å². The number of sulfonamides is 1. The summed E-state index contributed by atoms with van der Waals surface area (Å²) in [6.07, 6.45) is 4.31. The molecule has 1 aromatic heterocycles. The molecule has 0 bridgehead atoms. The summed E-state index contributed by atoms with van der Waals surface area (Å²) in [7, 11) is -0.251. The molecule has 1 aliphatic heterocycles. The maximum absolute atomic E-state index is 12.7. The van der Waals surface area contributed by atoms with Gasteiger partial charge in [0.25, 0.3) is 5.91 Å². The van der Waals surface area contributed by atoms with E-state index in [0.717, 1.165) is 0 Å². The van der Waals surface area contributed by atoms with E-state index in [9.17, 15) is 13.2 Å². The quantitative estimate of drug-likeness (QED) is 0.838. The number of carbonyl (C=O) groups excluding carboxylic acids is 1. The van der Waals surface area contributed by atoms with Gasteiger partial charge < -0.3 is 10.1 Å². The molecule has 3 rings (SSSR count). The summed E-state index contributed by atoms with van der Waals surface area (Å²) in [4.78, 5) is 12.4. The summed E-state index contributed by atoms with van der Waals surface area (Å²) < 4.78 is 33.5. The molecule has 1 saturated heterocycles. The first-order valence-electron chi connectivity index (χ1n) is 8.34. The van der Waals surface area contributed by atoms with Crippen LogP contribution >= 0.6 is 0 Å². The molecular formula is C17H22N4O4S. The van der Waals surface area contributed by atoms with Gasteiger partial charge >= 0.3 is 0 Å². The largest absolute Gasteiger partial charge is 0.497 e. The van der Waals surface area contributed by atoms with Crippen molar-refractivity contribution >= 4 is 15.9 Å². The van der Waals surface area contributed by atoms with Gasteiger partial charge in [-0.1, -0.05) is 0 Å². The minimum absolute atomic E-state index is 0.0509. The van der Waals surface area contributed by atoms with Crippen molar-refractivity contribution in [2.45, 2.75) is 23.8 Å². The second-order valence-electron chi connectivity index (χ2n) is 6.23. The lowest BCUT2D eigenvalue weighted by molar-refractivity contribution is 0.0923. The average molecular weight is 378 g/mol. The summed E-state index contributed by atoms with van der Waals surface area (Å²) >= 11 is 0. The Labute approximate surface area is 152 Å². The molecule has 0 unspecified atom stereocenters. The van der Waals surface area contributed by atoms with Gasteiger partial charge in [-0.05, 0) is 37.1 Å². The third-order valence-corrected chi connectivity index (χ3v) is 6.37. The fourth-order valence-corrected chi connectivity index (χ4v) is 4.41. The Morgan fingerprint density at radius 1 is 1.23 bits per heavy atom. The summed E-state index contributed by atoms with van der Waals surface area (Å²) in [6, 6.07) is 6.31. The Hall–Kier alpha value is -2.39. The number of aryl methyl sites for hydroxylation is 1. The Balaban J connectivity index is 1.59. The summed E-state index contributed by atoms with van der Waals surface area (Å²) in [5, 5.41) is 6.93. The standard InChI is InChI=1S/C17H22N4O4S/c1-20-12-13(11-18-20)17(22)19-14-7-9-21(10-8-14)26(23,24)16-5-3-15(25-2)4-6-16/h3-6,11-12,14H,7-10H2,1-2H3,(H,19,22). The molecule has 0 radical (unpaired) electrons. The highest BCUT2D eigenvalue weighted by atomic mass is 32.2. The third kappa shape index (κ3) is 3.88. The summed E-state index contributed by atoms with van der Waals surface area (Å²) in [5.74, 6) is 0.426. The van der Waals surface area contributed by atoms with E-state index in [-0.39, 0.29) is 16.8 Å². The van der Waals surface area contributed by atoms with E-state index in [1.165, 1.54) is 17.6 Å². The third-order valence-electron chi connectivity index (χ3n) is 4.45. The molecule has 0 saturated carbocycles. The van der Waals surface area contributed by atoms with Crippen LogP contribution in [-0.4, -0.2) is 54.7 Å². The number of nitrogens with zero attached hydrogens (tertiary/aromatic N) is 3. The maximum Gasteiger partial charge on any atom is 0.254 e. The highest BCUT2D eigenvalue weighted by molar-refractivity contribution is 7.89. The molecule has 140 valence electrons. The van der Waals surface area contributed by atoms with Gasteiger partial charge in [0.2, 0.25) is 10.0 Å². The first-order valence-corrected chi connectivity index (χ1v) is 9.78. The van der Waals surface area contributed by atoms with E-state index in [1.807, 2.05) is 0 Å². The second kappa shape index (κ2) is 7.46. The van der Waals surface area contributed by atoms with E-state index in [0.29, 0.717) is 37.2 Å². The van der Waals surface area contributed by atoms with Crippen LogP contribution in [-0.2, 0) is 17.1 Å². The molecule has 9 heteroatoms. The molecule has 1 aliphatic rings. The SMILES string of the molecule is COc1ccc(S(=O)(=O)N2CCC(NC(=O)c3cnn(C)c3)CC2)cc1. The van der Waals surface area contributed by atoms with E-state index in [1.54, 1.807) is 42.2 Å². The number of piperidine rings is 1. The molecule has 8 nitrogen and oxygen atoms in total. The first kappa shape index (κ1) is 18.4. The number of aromatic nitrogens is 2. The normalized spacial score (nSPS) is 16.4. The van der Waals surface area contributed by atoms with Crippen LogP contribution in [0.2, 0.25) is 0 Å². The monoisotopic (exact) mass is 378 g/mol. The molecular weight excluding hydrogens is 356 g/mol. The molecule has 0 spiro atoms. The van der Waals surface area contributed by atoms with Gasteiger partial charge in [0, 0.05) is 32.4 Å². The zero-order valence-electron chi connectivity index (χ0n) is 14.8. The van der Waals surface area contributed by atoms with Crippen LogP contribution in [0.15, 0.2) is 41.6 Å². The maximum atomic E-state index is 12.7. The van der Waals surface area contributed by atoms with Crippen molar-refractivity contribution in [3.8, 4) is 5.75 Å². The van der Waals surface area contributed by atoms with Crippen LogP contribution in [0.1, 0.15) is 23.2 Å². The molecule has 1 fully saturated rings. The number of amides is 1. The number of nitrogens with one attached hydrogen (secondary N) is 1. The number of carbonyl (C=O) groups is 1. The van der Waals surface area contributed by atoms with Crippen molar-refractivity contribution < 1.29 is 17.9 Å². The zero-order chi connectivity index (χ0) is 18.7. The van der Waals surface area contributed by atoms with Gasteiger partial charge in [0.05, 0.1) is 23.8 Å². The minimum Gasteiger partial charge on any atom is -0.497 e. The van der Waals surface area contributed by atoms with Crippen LogP contribution in [0.25, 0.3) is 0 Å². The molecule has 1 aromatic carbocycles. The Morgan fingerprint density at radius 3 is 2.42 bits per heavy atom. The number of hydrogen-bond donors (Lipinski definition) is 1. The van der Waals surface area contributed by atoms with Crippen molar-refractivity contribution in [2.75, 3.05) is 20.2 Å². The first-order chi connectivity index (χ1) is 12.4. The topological polar surface area (TPSA) is 93.5 Å². The number of rotatable bonds is 5. The van der Waals surface area contributed by atoms with E-state index >= 15 is 0 Å². The van der Waals surface area contributed by atoms with Gasteiger partial charge in [-0.2, -0.15) is 9.40 Å². The van der Waals surface area contributed by atoms with Crippen molar-refractivity contribution in [3.63, 3.8) is 0 Å². The van der Waals surface area contributed by atoms with Gasteiger partial charge in [0.15, 0.2) is 0 Å². The summed E-state index contributed by atoms with van der Waals surface area (Å²) in [5.41, 5.74) is 0.501. The van der Waals surface area contributed by atoms with Gasteiger partial charge in [-0.25, -0.2) is 8.42 Å². The number of benzene rings is 1. The fourth-order valence-electron chi connectivity index (χ4n) is 2.94. The number of hydrogen-bond acceptors (Lipinski definition) is 5. The molecule has 0 atom stereocenters. The Morgan fingerprint density at radius 2 is 1.88 bits per heavy atom. The van der Waals surface area contributed by atoms with E-state index < -0.39 is 10.0 Å². The average Bonchev–Trinajstić information content (AvgIpc) is 3.09. The minimum atomic E-state index is -3.54. The van der Waals surface area contributed by atoms with Gasteiger partial charge in [-0.3, -0.25) is 9.48 Å². The lowest BCUT2D eigenvalue weighted by Crippen LogP contribution is -2.46.